The van der Waals surface area contributed by atoms with E-state index >= 15 is 0 Å². The van der Waals surface area contributed by atoms with Crippen LogP contribution in [0.1, 0.15) is 16.1 Å². The first-order chi connectivity index (χ1) is 14.5. The van der Waals surface area contributed by atoms with E-state index in [4.69, 9.17) is 4.74 Å². The Morgan fingerprint density at radius 2 is 1.53 bits per heavy atom. The maximum atomic E-state index is 13.0. The Morgan fingerprint density at radius 1 is 0.933 bits per heavy atom. The Morgan fingerprint density at radius 3 is 2.17 bits per heavy atom. The monoisotopic (exact) mass is 405 g/mol. The van der Waals surface area contributed by atoms with E-state index in [9.17, 15) is 9.18 Å². The minimum atomic E-state index is -0.301. The van der Waals surface area contributed by atoms with Crippen LogP contribution in [0, 0.1) is 12.7 Å². The number of likely N-dealkylation sites (N-methyl/N-ethyl adjacent to an activating group) is 1. The lowest BCUT2D eigenvalue weighted by molar-refractivity contribution is 0.0664. The average Bonchev–Trinajstić information content (AvgIpc) is 2.75. The smallest absolute Gasteiger partial charge is 0.254 e. The summed E-state index contributed by atoms with van der Waals surface area (Å²) >= 11 is 0. The van der Waals surface area contributed by atoms with Crippen molar-refractivity contribution < 1.29 is 13.9 Å². The molecular weight excluding hydrogens is 381 g/mol. The van der Waals surface area contributed by atoms with Gasteiger partial charge in [0.25, 0.3) is 5.91 Å². The van der Waals surface area contributed by atoms with Gasteiger partial charge in [0.05, 0.1) is 5.69 Å². The van der Waals surface area contributed by atoms with E-state index in [0.717, 1.165) is 43.1 Å². The molecule has 2 heterocycles. The maximum Gasteiger partial charge on any atom is 0.254 e. The number of pyridine rings is 1. The molecule has 0 bridgehead atoms. The largest absolute Gasteiger partial charge is 0.457 e. The first-order valence-corrected chi connectivity index (χ1v) is 9.98. The molecule has 1 aliphatic rings. The second-order valence-electron chi connectivity index (χ2n) is 7.56. The number of aromatic nitrogens is 1. The van der Waals surface area contributed by atoms with Gasteiger partial charge in [0.2, 0.25) is 0 Å². The van der Waals surface area contributed by atoms with Crippen LogP contribution in [0.25, 0.3) is 11.3 Å². The highest BCUT2D eigenvalue weighted by atomic mass is 19.1. The third kappa shape index (κ3) is 4.66. The molecule has 0 unspecified atom stereocenters. The van der Waals surface area contributed by atoms with Crippen molar-refractivity contribution in [3.8, 4) is 22.8 Å². The lowest BCUT2D eigenvalue weighted by Gasteiger charge is -2.32. The summed E-state index contributed by atoms with van der Waals surface area (Å²) < 4.78 is 18.8. The zero-order chi connectivity index (χ0) is 21.1. The SMILES string of the molecule is Cc1cc(C(=O)N2CCN(C)CC2)cc(-c2ccc(Oc3ccc(F)cc3)cc2)n1. The molecule has 4 rings (SSSR count). The molecule has 1 aliphatic heterocycles. The normalized spacial score (nSPS) is 14.6. The molecule has 0 aliphatic carbocycles. The predicted octanol–water partition coefficient (Wildman–Crippen LogP) is 4.38. The lowest BCUT2D eigenvalue weighted by Crippen LogP contribution is -2.47. The van der Waals surface area contributed by atoms with Crippen molar-refractivity contribution in [2.45, 2.75) is 6.92 Å². The van der Waals surface area contributed by atoms with Gasteiger partial charge >= 0.3 is 0 Å². The molecule has 30 heavy (non-hydrogen) atoms. The number of halogens is 1. The van der Waals surface area contributed by atoms with Gasteiger partial charge in [0, 0.05) is 43.0 Å². The van der Waals surface area contributed by atoms with E-state index in [1.54, 1.807) is 12.1 Å². The second kappa shape index (κ2) is 8.63. The predicted molar refractivity (Wildman–Crippen MR) is 114 cm³/mol. The number of carbonyl (C=O) groups excluding carboxylic acids is 1. The fourth-order valence-electron chi connectivity index (χ4n) is 3.46. The van der Waals surface area contributed by atoms with Gasteiger partial charge in [-0.3, -0.25) is 9.78 Å². The molecule has 1 amide bonds. The van der Waals surface area contributed by atoms with E-state index in [2.05, 4.69) is 16.9 Å². The minimum Gasteiger partial charge on any atom is -0.457 e. The number of aryl methyl sites for hydroxylation is 1. The number of hydrogen-bond donors (Lipinski definition) is 0. The molecule has 6 heteroatoms. The summed E-state index contributed by atoms with van der Waals surface area (Å²) in [4.78, 5) is 21.7. The third-order valence-corrected chi connectivity index (χ3v) is 5.19. The zero-order valence-corrected chi connectivity index (χ0v) is 17.1. The van der Waals surface area contributed by atoms with Gasteiger partial charge in [-0.2, -0.15) is 0 Å². The van der Waals surface area contributed by atoms with Crippen LogP contribution in [0.3, 0.4) is 0 Å². The number of amides is 1. The first kappa shape index (κ1) is 20.0. The maximum absolute atomic E-state index is 13.0. The van der Waals surface area contributed by atoms with Gasteiger partial charge in [0.15, 0.2) is 0 Å². The van der Waals surface area contributed by atoms with Crippen molar-refractivity contribution in [2.24, 2.45) is 0 Å². The van der Waals surface area contributed by atoms with Crippen LogP contribution in [0.4, 0.5) is 4.39 Å². The summed E-state index contributed by atoms with van der Waals surface area (Å²) in [5.41, 5.74) is 3.11. The van der Waals surface area contributed by atoms with Crippen molar-refractivity contribution in [1.82, 2.24) is 14.8 Å². The number of rotatable bonds is 4. The zero-order valence-electron chi connectivity index (χ0n) is 17.1. The fraction of sp³-hybridized carbons (Fsp3) is 0.250. The summed E-state index contributed by atoms with van der Waals surface area (Å²) in [6, 6.07) is 17.1. The second-order valence-corrected chi connectivity index (χ2v) is 7.56. The Hall–Kier alpha value is -3.25. The van der Waals surface area contributed by atoms with Crippen molar-refractivity contribution in [3.05, 3.63) is 77.7 Å². The quantitative estimate of drug-likeness (QED) is 0.646. The molecule has 154 valence electrons. The van der Waals surface area contributed by atoms with Gasteiger partial charge in [-0.05, 0) is 74.6 Å². The Kier molecular flexibility index (Phi) is 5.77. The molecule has 1 aromatic heterocycles. The number of benzene rings is 2. The molecule has 0 N–H and O–H groups in total. The summed E-state index contributed by atoms with van der Waals surface area (Å²) in [5, 5.41) is 0. The highest BCUT2D eigenvalue weighted by Crippen LogP contribution is 2.26. The van der Waals surface area contributed by atoms with Crippen LogP contribution in [0.5, 0.6) is 11.5 Å². The number of carbonyl (C=O) groups is 1. The first-order valence-electron chi connectivity index (χ1n) is 9.98. The van der Waals surface area contributed by atoms with Crippen molar-refractivity contribution in [1.29, 1.82) is 0 Å². The van der Waals surface area contributed by atoms with Gasteiger partial charge in [-0.1, -0.05) is 0 Å². The number of piperazine rings is 1. The average molecular weight is 405 g/mol. The van der Waals surface area contributed by atoms with Crippen molar-refractivity contribution in [2.75, 3.05) is 33.2 Å². The van der Waals surface area contributed by atoms with Gasteiger partial charge < -0.3 is 14.5 Å². The van der Waals surface area contributed by atoms with Crippen LogP contribution in [0.2, 0.25) is 0 Å². The molecule has 0 atom stereocenters. The summed E-state index contributed by atoms with van der Waals surface area (Å²) in [6.45, 7) is 5.15. The van der Waals surface area contributed by atoms with Gasteiger partial charge in [-0.25, -0.2) is 4.39 Å². The molecule has 1 saturated heterocycles. The molecule has 0 radical (unpaired) electrons. The van der Waals surface area contributed by atoms with Crippen molar-refractivity contribution in [3.63, 3.8) is 0 Å². The molecule has 2 aromatic carbocycles. The molecular formula is C24H24FN3O2. The molecule has 0 saturated carbocycles. The van der Waals surface area contributed by atoms with Crippen LogP contribution in [0.15, 0.2) is 60.7 Å². The minimum absolute atomic E-state index is 0.0473. The third-order valence-electron chi connectivity index (χ3n) is 5.19. The van der Waals surface area contributed by atoms with E-state index in [0.29, 0.717) is 17.1 Å². The van der Waals surface area contributed by atoms with Crippen LogP contribution in [-0.4, -0.2) is 53.9 Å². The fourth-order valence-corrected chi connectivity index (χ4v) is 3.46. The Bertz CT molecular complexity index is 1030. The van der Waals surface area contributed by atoms with Crippen LogP contribution in [-0.2, 0) is 0 Å². The van der Waals surface area contributed by atoms with Crippen LogP contribution < -0.4 is 4.74 Å². The summed E-state index contributed by atoms with van der Waals surface area (Å²) in [5.74, 6) is 0.959. The Balaban J connectivity index is 1.52. The summed E-state index contributed by atoms with van der Waals surface area (Å²) in [6.07, 6.45) is 0. The van der Waals surface area contributed by atoms with Gasteiger partial charge in [-0.15, -0.1) is 0 Å². The molecule has 3 aromatic rings. The number of ether oxygens (including phenoxy) is 1. The van der Waals surface area contributed by atoms with E-state index in [-0.39, 0.29) is 11.7 Å². The number of hydrogen-bond acceptors (Lipinski definition) is 4. The standard InChI is InChI=1S/C24H24FN3O2/c1-17-15-19(24(29)28-13-11-27(2)12-14-28)16-23(26-17)18-3-7-21(8-4-18)30-22-9-5-20(25)6-10-22/h3-10,15-16H,11-14H2,1-2H3. The van der Waals surface area contributed by atoms with Gasteiger partial charge in [0.1, 0.15) is 17.3 Å². The van der Waals surface area contributed by atoms with Crippen LogP contribution >= 0.6 is 0 Å². The summed E-state index contributed by atoms with van der Waals surface area (Å²) in [7, 11) is 2.07. The lowest BCUT2D eigenvalue weighted by atomic mass is 10.1. The van der Waals surface area contributed by atoms with Crippen molar-refractivity contribution >= 4 is 5.91 Å². The molecule has 0 spiro atoms. The number of nitrogens with zero attached hydrogens (tertiary/aromatic N) is 3. The Labute approximate surface area is 175 Å². The topological polar surface area (TPSA) is 45.7 Å². The highest BCUT2D eigenvalue weighted by molar-refractivity contribution is 5.95. The molecule has 5 nitrogen and oxygen atoms in total. The van der Waals surface area contributed by atoms with E-state index in [1.165, 1.54) is 12.1 Å². The van der Waals surface area contributed by atoms with E-state index < -0.39 is 0 Å². The molecule has 1 fully saturated rings. The highest BCUT2D eigenvalue weighted by Gasteiger charge is 2.21. The van der Waals surface area contributed by atoms with E-state index in [1.807, 2.05) is 48.2 Å².